The van der Waals surface area contributed by atoms with Crippen molar-refractivity contribution in [3.63, 3.8) is 0 Å². The van der Waals surface area contributed by atoms with Crippen LogP contribution in [0.3, 0.4) is 0 Å². The zero-order chi connectivity index (χ0) is 15.3. The fraction of sp³-hybridized carbons (Fsp3) is 0.214. The Hall–Kier alpha value is -1.73. The van der Waals surface area contributed by atoms with Crippen molar-refractivity contribution in [3.05, 3.63) is 48.3 Å². The molecule has 3 N–H and O–H groups in total. The van der Waals surface area contributed by atoms with Crippen LogP contribution < -0.4 is 10.5 Å². The summed E-state index contributed by atoms with van der Waals surface area (Å²) in [4.78, 5) is 5.03. The van der Waals surface area contributed by atoms with Crippen LogP contribution in [0.1, 0.15) is 5.69 Å². The Balaban J connectivity index is 1.88. The predicted molar refractivity (Wildman–Crippen MR) is 88.0 cm³/mol. The van der Waals surface area contributed by atoms with E-state index in [0.29, 0.717) is 17.1 Å². The highest BCUT2D eigenvalue weighted by Gasteiger charge is 2.10. The Bertz CT molecular complexity index is 700. The quantitative estimate of drug-likeness (QED) is 0.630. The molecule has 0 fully saturated rings. The van der Waals surface area contributed by atoms with E-state index in [1.807, 2.05) is 19.1 Å². The fourth-order valence-corrected chi connectivity index (χ4v) is 4.04. The van der Waals surface area contributed by atoms with Gasteiger partial charge in [-0.25, -0.2) is 8.42 Å². The van der Waals surface area contributed by atoms with Crippen LogP contribution in [-0.4, -0.2) is 24.9 Å². The number of rotatable bonds is 6. The van der Waals surface area contributed by atoms with Crippen molar-refractivity contribution in [3.8, 4) is 0 Å². The number of hydrogen-bond donors (Lipinski definition) is 2. The summed E-state index contributed by atoms with van der Waals surface area (Å²) in [6.07, 6.45) is 1.58. The first-order chi connectivity index (χ1) is 9.94. The summed E-state index contributed by atoms with van der Waals surface area (Å²) >= 11 is 1.48. The summed E-state index contributed by atoms with van der Waals surface area (Å²) in [5.74, 6) is 0.521. The van der Waals surface area contributed by atoms with Gasteiger partial charge in [0.15, 0.2) is 0 Å². The van der Waals surface area contributed by atoms with Crippen LogP contribution in [0.5, 0.6) is 0 Å². The van der Waals surface area contributed by atoms with Crippen LogP contribution in [0.4, 0.5) is 11.4 Å². The Morgan fingerprint density at radius 3 is 2.62 bits per heavy atom. The Kier molecular flexibility index (Phi) is 5.08. The van der Waals surface area contributed by atoms with E-state index in [0.717, 1.165) is 10.6 Å². The third-order valence-corrected chi connectivity index (χ3v) is 5.23. The number of nitrogens with one attached hydrogen (secondary N) is 1. The van der Waals surface area contributed by atoms with Gasteiger partial charge in [-0.15, -0.1) is 11.8 Å². The lowest BCUT2D eigenvalue weighted by molar-refractivity contribution is 0.602. The van der Waals surface area contributed by atoms with Gasteiger partial charge >= 0.3 is 0 Å². The van der Waals surface area contributed by atoms with Gasteiger partial charge in [-0.3, -0.25) is 9.71 Å². The number of nitrogens with zero attached hydrogens (tertiary/aromatic N) is 1. The predicted octanol–water partition coefficient (Wildman–Crippen LogP) is 2.51. The minimum atomic E-state index is -3.35. The molecule has 0 saturated carbocycles. The molecule has 0 aliphatic rings. The number of benzene rings is 1. The number of hydrogen-bond acceptors (Lipinski definition) is 5. The zero-order valence-corrected chi connectivity index (χ0v) is 13.2. The maximum atomic E-state index is 12.0. The molecule has 0 atom stereocenters. The highest BCUT2D eigenvalue weighted by atomic mass is 32.2. The van der Waals surface area contributed by atoms with Gasteiger partial charge in [-0.2, -0.15) is 0 Å². The van der Waals surface area contributed by atoms with E-state index in [1.165, 1.54) is 11.8 Å². The van der Waals surface area contributed by atoms with Gasteiger partial charge in [0.1, 0.15) is 0 Å². The van der Waals surface area contributed by atoms with Gasteiger partial charge in [0.05, 0.1) is 11.4 Å². The molecule has 0 aliphatic carbocycles. The topological polar surface area (TPSA) is 85.1 Å². The van der Waals surface area contributed by atoms with Crippen LogP contribution in [0, 0.1) is 6.92 Å². The van der Waals surface area contributed by atoms with Gasteiger partial charge in [-0.1, -0.05) is 0 Å². The van der Waals surface area contributed by atoms with Crippen molar-refractivity contribution >= 4 is 33.2 Å². The van der Waals surface area contributed by atoms with Crippen molar-refractivity contribution in [2.75, 3.05) is 22.0 Å². The average molecular weight is 323 g/mol. The standard InChI is InChI=1S/C14H17N3O2S2/c1-11-10-13(6-7-16-11)17-21(18,19)9-8-20-14-4-2-12(15)3-5-14/h2-7,10H,8-9,15H2,1H3,(H,16,17). The number of sulfonamides is 1. The van der Waals surface area contributed by atoms with Gasteiger partial charge < -0.3 is 5.73 Å². The molecule has 0 unspecified atom stereocenters. The van der Waals surface area contributed by atoms with E-state index in [1.54, 1.807) is 30.5 Å². The number of thioether (sulfide) groups is 1. The van der Waals surface area contributed by atoms with E-state index in [9.17, 15) is 8.42 Å². The highest BCUT2D eigenvalue weighted by molar-refractivity contribution is 8.01. The third-order valence-electron chi connectivity index (χ3n) is 2.67. The minimum absolute atomic E-state index is 0.0451. The zero-order valence-electron chi connectivity index (χ0n) is 11.6. The first-order valence-electron chi connectivity index (χ1n) is 6.36. The number of anilines is 2. The normalized spacial score (nSPS) is 11.3. The van der Waals surface area contributed by atoms with E-state index in [4.69, 9.17) is 5.73 Å². The molecule has 112 valence electrons. The Morgan fingerprint density at radius 1 is 1.24 bits per heavy atom. The molecule has 5 nitrogen and oxygen atoms in total. The van der Waals surface area contributed by atoms with Crippen molar-refractivity contribution in [2.45, 2.75) is 11.8 Å². The minimum Gasteiger partial charge on any atom is -0.399 e. The van der Waals surface area contributed by atoms with E-state index in [-0.39, 0.29) is 5.75 Å². The number of nitrogen functional groups attached to an aromatic ring is 1. The fourth-order valence-electron chi connectivity index (χ4n) is 1.67. The van der Waals surface area contributed by atoms with Crippen LogP contribution in [0.2, 0.25) is 0 Å². The van der Waals surface area contributed by atoms with Gasteiger partial charge in [0, 0.05) is 28.2 Å². The molecule has 7 heteroatoms. The Morgan fingerprint density at radius 2 is 1.95 bits per heavy atom. The molecule has 2 rings (SSSR count). The second-order valence-electron chi connectivity index (χ2n) is 4.52. The number of aryl methyl sites for hydroxylation is 1. The molecular formula is C14H17N3O2S2. The summed E-state index contributed by atoms with van der Waals surface area (Å²) in [6.45, 7) is 1.81. The molecule has 1 aromatic heterocycles. The number of aromatic nitrogens is 1. The average Bonchev–Trinajstić information content (AvgIpc) is 2.40. The van der Waals surface area contributed by atoms with Crippen molar-refractivity contribution < 1.29 is 8.42 Å². The molecule has 0 saturated heterocycles. The third kappa shape index (κ3) is 5.28. The molecule has 1 heterocycles. The molecule has 1 aromatic carbocycles. The smallest absolute Gasteiger partial charge is 0.233 e. The molecule has 21 heavy (non-hydrogen) atoms. The SMILES string of the molecule is Cc1cc(NS(=O)(=O)CCSc2ccc(N)cc2)ccn1. The Labute approximate surface area is 129 Å². The van der Waals surface area contributed by atoms with Crippen molar-refractivity contribution in [1.29, 1.82) is 0 Å². The molecule has 0 aliphatic heterocycles. The largest absolute Gasteiger partial charge is 0.399 e. The summed E-state index contributed by atoms with van der Waals surface area (Å²) in [5.41, 5.74) is 7.61. The summed E-state index contributed by atoms with van der Waals surface area (Å²) in [5, 5.41) is 0. The molecule has 0 spiro atoms. The van der Waals surface area contributed by atoms with Crippen LogP contribution >= 0.6 is 11.8 Å². The maximum Gasteiger partial charge on any atom is 0.233 e. The van der Waals surface area contributed by atoms with Crippen LogP contribution in [-0.2, 0) is 10.0 Å². The monoisotopic (exact) mass is 323 g/mol. The van der Waals surface area contributed by atoms with Gasteiger partial charge in [0.2, 0.25) is 10.0 Å². The van der Waals surface area contributed by atoms with E-state index >= 15 is 0 Å². The first-order valence-corrected chi connectivity index (χ1v) is 9.00. The summed E-state index contributed by atoms with van der Waals surface area (Å²) in [6, 6.07) is 10.7. The maximum absolute atomic E-state index is 12.0. The molecule has 0 radical (unpaired) electrons. The van der Waals surface area contributed by atoms with Crippen LogP contribution in [0.15, 0.2) is 47.5 Å². The van der Waals surface area contributed by atoms with Crippen molar-refractivity contribution in [1.82, 2.24) is 4.98 Å². The second-order valence-corrected chi connectivity index (χ2v) is 7.53. The second kappa shape index (κ2) is 6.82. The molecular weight excluding hydrogens is 306 g/mol. The lowest BCUT2D eigenvalue weighted by atomic mass is 10.3. The van der Waals surface area contributed by atoms with Gasteiger partial charge in [0.25, 0.3) is 0 Å². The molecule has 0 bridgehead atoms. The number of nitrogens with two attached hydrogens (primary N) is 1. The summed E-state index contributed by atoms with van der Waals surface area (Å²) in [7, 11) is -3.35. The summed E-state index contributed by atoms with van der Waals surface area (Å²) < 4.78 is 26.5. The number of pyridine rings is 1. The van der Waals surface area contributed by atoms with Crippen molar-refractivity contribution in [2.24, 2.45) is 0 Å². The van der Waals surface area contributed by atoms with Gasteiger partial charge in [-0.05, 0) is 43.3 Å². The lowest BCUT2D eigenvalue weighted by Crippen LogP contribution is -2.18. The van der Waals surface area contributed by atoms with Crippen LogP contribution in [0.25, 0.3) is 0 Å². The molecule has 2 aromatic rings. The first kappa shape index (κ1) is 15.7. The molecule has 0 amide bonds. The highest BCUT2D eigenvalue weighted by Crippen LogP contribution is 2.19. The van der Waals surface area contributed by atoms with E-state index < -0.39 is 10.0 Å². The van der Waals surface area contributed by atoms with E-state index in [2.05, 4.69) is 9.71 Å². The lowest BCUT2D eigenvalue weighted by Gasteiger charge is -2.08.